The molecule has 1 rings (SSSR count). The zero-order valence-corrected chi connectivity index (χ0v) is 8.21. The molecule has 0 aliphatic carbocycles. The van der Waals surface area contributed by atoms with Gasteiger partial charge in [0.25, 0.3) is 0 Å². The second-order valence-corrected chi connectivity index (χ2v) is 2.95. The summed E-state index contributed by atoms with van der Waals surface area (Å²) in [6, 6.07) is 4.67. The number of nitriles is 1. The highest BCUT2D eigenvalue weighted by Crippen LogP contribution is 2.34. The van der Waals surface area contributed by atoms with Crippen molar-refractivity contribution in [2.24, 2.45) is 5.73 Å². The summed E-state index contributed by atoms with van der Waals surface area (Å²) in [6.45, 7) is 0.338. The molecular formula is C10H9F3N2O. The van der Waals surface area contributed by atoms with Crippen LogP contribution in [-0.4, -0.2) is 13.2 Å². The van der Waals surface area contributed by atoms with Crippen LogP contribution in [0.5, 0.6) is 5.75 Å². The Morgan fingerprint density at radius 2 is 2.06 bits per heavy atom. The molecule has 0 spiro atoms. The topological polar surface area (TPSA) is 59.0 Å². The van der Waals surface area contributed by atoms with E-state index in [0.29, 0.717) is 0 Å². The van der Waals surface area contributed by atoms with E-state index in [1.54, 1.807) is 0 Å². The third-order valence-electron chi connectivity index (χ3n) is 1.80. The number of alkyl halides is 3. The van der Waals surface area contributed by atoms with Gasteiger partial charge in [0.05, 0.1) is 17.2 Å². The fraction of sp³-hybridized carbons (Fsp3) is 0.300. The van der Waals surface area contributed by atoms with E-state index in [9.17, 15) is 13.2 Å². The van der Waals surface area contributed by atoms with Crippen LogP contribution in [0.1, 0.15) is 11.1 Å². The molecule has 0 atom stereocenters. The lowest BCUT2D eigenvalue weighted by Crippen LogP contribution is -2.12. The number of nitrogens with zero attached hydrogens (tertiary/aromatic N) is 1. The second-order valence-electron chi connectivity index (χ2n) is 2.95. The summed E-state index contributed by atoms with van der Waals surface area (Å²) in [5.74, 6) is 0.0526. The van der Waals surface area contributed by atoms with Gasteiger partial charge in [-0.15, -0.1) is 0 Å². The third-order valence-corrected chi connectivity index (χ3v) is 1.80. The maximum Gasteiger partial charge on any atom is 0.417 e. The number of halogens is 3. The van der Waals surface area contributed by atoms with Gasteiger partial charge in [0.2, 0.25) is 0 Å². The lowest BCUT2D eigenvalue weighted by Gasteiger charge is -2.11. The molecule has 0 aliphatic heterocycles. The third kappa shape index (κ3) is 2.87. The highest BCUT2D eigenvalue weighted by molar-refractivity contribution is 5.44. The summed E-state index contributed by atoms with van der Waals surface area (Å²) in [5, 5.41) is 8.54. The molecule has 2 N–H and O–H groups in total. The zero-order chi connectivity index (χ0) is 12.2. The first-order valence-corrected chi connectivity index (χ1v) is 4.43. The fourth-order valence-corrected chi connectivity index (χ4v) is 1.12. The van der Waals surface area contributed by atoms with Crippen molar-refractivity contribution in [1.82, 2.24) is 0 Å². The van der Waals surface area contributed by atoms with Gasteiger partial charge in [-0.25, -0.2) is 0 Å². The summed E-state index contributed by atoms with van der Waals surface area (Å²) in [4.78, 5) is 0. The molecule has 86 valence electrons. The van der Waals surface area contributed by atoms with Crippen molar-refractivity contribution < 1.29 is 17.9 Å². The quantitative estimate of drug-likeness (QED) is 0.862. The number of rotatable bonds is 3. The van der Waals surface area contributed by atoms with Gasteiger partial charge in [0.15, 0.2) is 0 Å². The van der Waals surface area contributed by atoms with Gasteiger partial charge in [-0.2, -0.15) is 18.4 Å². The Hall–Kier alpha value is -1.74. The number of ether oxygens (including phenoxy) is 1. The average molecular weight is 230 g/mol. The van der Waals surface area contributed by atoms with Crippen LogP contribution in [-0.2, 0) is 6.18 Å². The first-order chi connectivity index (χ1) is 7.49. The van der Waals surface area contributed by atoms with Crippen LogP contribution >= 0.6 is 0 Å². The van der Waals surface area contributed by atoms with Crippen molar-refractivity contribution in [1.29, 1.82) is 5.26 Å². The van der Waals surface area contributed by atoms with E-state index in [2.05, 4.69) is 0 Å². The van der Waals surface area contributed by atoms with Crippen LogP contribution in [0, 0.1) is 11.3 Å². The van der Waals surface area contributed by atoms with Crippen LogP contribution in [0.4, 0.5) is 13.2 Å². The molecule has 0 bridgehead atoms. The predicted molar refractivity (Wildman–Crippen MR) is 50.7 cm³/mol. The molecular weight excluding hydrogens is 221 g/mol. The van der Waals surface area contributed by atoms with Gasteiger partial charge in [0.1, 0.15) is 12.4 Å². The van der Waals surface area contributed by atoms with E-state index < -0.39 is 17.3 Å². The Labute approximate surface area is 90.2 Å². The molecule has 0 saturated carbocycles. The van der Waals surface area contributed by atoms with Gasteiger partial charge in [0, 0.05) is 6.54 Å². The molecule has 0 amide bonds. The minimum atomic E-state index is -4.56. The van der Waals surface area contributed by atoms with E-state index in [1.165, 1.54) is 12.1 Å². The molecule has 0 radical (unpaired) electrons. The first-order valence-electron chi connectivity index (χ1n) is 4.43. The Kier molecular flexibility index (Phi) is 3.74. The Bertz CT molecular complexity index is 410. The van der Waals surface area contributed by atoms with Crippen molar-refractivity contribution in [3.05, 3.63) is 29.3 Å². The summed E-state index contributed by atoms with van der Waals surface area (Å²) < 4.78 is 42.5. The van der Waals surface area contributed by atoms with E-state index in [0.717, 1.165) is 12.1 Å². The SMILES string of the molecule is N#Cc1ccc(OCCN)cc1C(F)(F)F. The van der Waals surface area contributed by atoms with Crippen molar-refractivity contribution in [2.45, 2.75) is 6.18 Å². The number of hydrogen-bond donors (Lipinski definition) is 1. The van der Waals surface area contributed by atoms with E-state index in [-0.39, 0.29) is 18.9 Å². The van der Waals surface area contributed by atoms with Crippen LogP contribution in [0.25, 0.3) is 0 Å². The number of nitrogens with two attached hydrogens (primary N) is 1. The Morgan fingerprint density at radius 1 is 1.38 bits per heavy atom. The van der Waals surface area contributed by atoms with E-state index in [1.807, 2.05) is 0 Å². The molecule has 16 heavy (non-hydrogen) atoms. The highest BCUT2D eigenvalue weighted by atomic mass is 19.4. The molecule has 1 aromatic carbocycles. The second kappa shape index (κ2) is 4.86. The summed E-state index contributed by atoms with van der Waals surface area (Å²) in [6.07, 6.45) is -4.56. The Balaban J connectivity index is 3.08. The maximum atomic E-state index is 12.5. The van der Waals surface area contributed by atoms with Crippen molar-refractivity contribution in [3.63, 3.8) is 0 Å². The van der Waals surface area contributed by atoms with Gasteiger partial charge in [-0.1, -0.05) is 0 Å². The largest absolute Gasteiger partial charge is 0.492 e. The highest BCUT2D eigenvalue weighted by Gasteiger charge is 2.34. The van der Waals surface area contributed by atoms with E-state index in [4.69, 9.17) is 15.7 Å². The summed E-state index contributed by atoms with van der Waals surface area (Å²) in [5.41, 5.74) is 3.74. The van der Waals surface area contributed by atoms with Gasteiger partial charge in [-0.05, 0) is 18.2 Å². The van der Waals surface area contributed by atoms with E-state index >= 15 is 0 Å². The van der Waals surface area contributed by atoms with Gasteiger partial charge >= 0.3 is 6.18 Å². The van der Waals surface area contributed by atoms with Crippen LogP contribution in [0.3, 0.4) is 0 Å². The predicted octanol–water partition coefficient (Wildman–Crippen LogP) is 1.91. The summed E-state index contributed by atoms with van der Waals surface area (Å²) >= 11 is 0. The monoisotopic (exact) mass is 230 g/mol. The molecule has 6 heteroatoms. The minimum absolute atomic E-state index is 0.0526. The molecule has 1 aromatic rings. The first kappa shape index (κ1) is 12.3. The van der Waals surface area contributed by atoms with Crippen molar-refractivity contribution >= 4 is 0 Å². The lowest BCUT2D eigenvalue weighted by atomic mass is 10.1. The molecule has 3 nitrogen and oxygen atoms in total. The van der Waals surface area contributed by atoms with Gasteiger partial charge in [-0.3, -0.25) is 0 Å². The number of benzene rings is 1. The Morgan fingerprint density at radius 3 is 2.56 bits per heavy atom. The molecule has 0 heterocycles. The van der Waals surface area contributed by atoms with Crippen molar-refractivity contribution in [3.8, 4) is 11.8 Å². The van der Waals surface area contributed by atoms with Crippen LogP contribution in [0.2, 0.25) is 0 Å². The molecule has 0 aliphatic rings. The molecule has 0 saturated heterocycles. The minimum Gasteiger partial charge on any atom is -0.492 e. The van der Waals surface area contributed by atoms with Gasteiger partial charge < -0.3 is 10.5 Å². The lowest BCUT2D eigenvalue weighted by molar-refractivity contribution is -0.137. The summed E-state index contributed by atoms with van der Waals surface area (Å²) in [7, 11) is 0. The molecule has 0 fully saturated rings. The molecule has 0 unspecified atom stereocenters. The molecule has 0 aromatic heterocycles. The standard InChI is InChI=1S/C10H9F3N2O/c11-10(12,13)9-5-8(16-4-3-14)2-1-7(9)6-15/h1-2,5H,3-4,14H2. The van der Waals surface area contributed by atoms with Crippen LogP contribution < -0.4 is 10.5 Å². The smallest absolute Gasteiger partial charge is 0.417 e. The average Bonchev–Trinajstić information content (AvgIpc) is 2.24. The maximum absolute atomic E-state index is 12.5. The zero-order valence-electron chi connectivity index (χ0n) is 8.21. The number of hydrogen-bond acceptors (Lipinski definition) is 3. The van der Waals surface area contributed by atoms with Crippen molar-refractivity contribution in [2.75, 3.05) is 13.2 Å². The van der Waals surface area contributed by atoms with Crippen LogP contribution in [0.15, 0.2) is 18.2 Å². The normalized spacial score (nSPS) is 10.9. The fourth-order valence-electron chi connectivity index (χ4n) is 1.12.